The molecule has 0 spiro atoms. The van der Waals surface area contributed by atoms with Gasteiger partial charge in [0.1, 0.15) is 11.6 Å². The van der Waals surface area contributed by atoms with E-state index in [1.165, 1.54) is 12.3 Å². The van der Waals surface area contributed by atoms with E-state index in [9.17, 15) is 9.18 Å². The molecule has 24 heavy (non-hydrogen) atoms. The van der Waals surface area contributed by atoms with E-state index >= 15 is 0 Å². The molecule has 7 heteroatoms. The number of halogens is 1. The summed E-state index contributed by atoms with van der Waals surface area (Å²) >= 11 is 0. The zero-order chi connectivity index (χ0) is 17.0. The van der Waals surface area contributed by atoms with Gasteiger partial charge in [-0.2, -0.15) is 10.2 Å². The van der Waals surface area contributed by atoms with Crippen molar-refractivity contribution >= 4 is 11.7 Å². The molecule has 0 aromatic carbocycles. The molecule has 1 aromatic rings. The molecule has 2 aliphatic heterocycles. The summed E-state index contributed by atoms with van der Waals surface area (Å²) < 4.78 is 12.9. The average molecular weight is 329 g/mol. The molecule has 1 amide bonds. The summed E-state index contributed by atoms with van der Waals surface area (Å²) in [4.78, 5) is 20.4. The second-order valence-electron chi connectivity index (χ2n) is 6.09. The van der Waals surface area contributed by atoms with Crippen molar-refractivity contribution in [3.05, 3.63) is 24.1 Å². The van der Waals surface area contributed by atoms with Crippen molar-refractivity contribution in [2.75, 3.05) is 31.1 Å². The number of anilines is 1. The second kappa shape index (κ2) is 6.95. The molecule has 0 saturated carbocycles. The Kier molecular flexibility index (Phi) is 4.74. The van der Waals surface area contributed by atoms with Gasteiger partial charge < -0.3 is 9.80 Å². The Bertz CT molecular complexity index is 653. The Labute approximate surface area is 140 Å². The fourth-order valence-electron chi connectivity index (χ4n) is 2.87. The van der Waals surface area contributed by atoms with E-state index in [1.54, 1.807) is 6.07 Å². The molecule has 0 atom stereocenters. The summed E-state index contributed by atoms with van der Waals surface area (Å²) in [6.07, 6.45) is 8.90. The van der Waals surface area contributed by atoms with E-state index in [0.29, 0.717) is 45.4 Å². The normalized spacial score (nSPS) is 18.3. The number of hydrogen-bond donors (Lipinski definition) is 0. The summed E-state index contributed by atoms with van der Waals surface area (Å²) in [5, 5.41) is 8.12. The van der Waals surface area contributed by atoms with Crippen molar-refractivity contribution in [2.24, 2.45) is 10.2 Å². The molecule has 126 valence electrons. The fraction of sp³-hybridized carbons (Fsp3) is 0.529. The minimum absolute atomic E-state index is 0.124. The first-order valence-electron chi connectivity index (χ1n) is 8.14. The minimum atomic E-state index is -0.401. The number of nitrogens with zero attached hydrogens (tertiary/aromatic N) is 5. The zero-order valence-electron chi connectivity index (χ0n) is 13.5. The van der Waals surface area contributed by atoms with Crippen molar-refractivity contribution in [3.8, 4) is 12.3 Å². The highest BCUT2D eigenvalue weighted by Crippen LogP contribution is 2.37. The van der Waals surface area contributed by atoms with E-state index < -0.39 is 5.66 Å². The number of pyridine rings is 1. The molecule has 0 aliphatic carbocycles. The smallest absolute Gasteiger partial charge is 0.222 e. The largest absolute Gasteiger partial charge is 0.353 e. The molecule has 1 saturated heterocycles. The number of piperazine rings is 1. The van der Waals surface area contributed by atoms with Crippen LogP contribution in [0, 0.1) is 18.2 Å². The monoisotopic (exact) mass is 329 g/mol. The van der Waals surface area contributed by atoms with E-state index in [1.807, 2.05) is 4.90 Å². The quantitative estimate of drug-likeness (QED) is 0.752. The molecule has 0 unspecified atom stereocenters. The van der Waals surface area contributed by atoms with E-state index in [0.717, 1.165) is 12.2 Å². The van der Waals surface area contributed by atoms with Crippen LogP contribution in [0.4, 0.5) is 10.2 Å². The predicted molar refractivity (Wildman–Crippen MR) is 87.9 cm³/mol. The third kappa shape index (κ3) is 3.88. The Balaban J connectivity index is 1.44. The summed E-state index contributed by atoms with van der Waals surface area (Å²) in [5.74, 6) is 3.11. The number of rotatable bonds is 6. The number of terminal acetylenes is 1. The van der Waals surface area contributed by atoms with Gasteiger partial charge >= 0.3 is 0 Å². The first-order chi connectivity index (χ1) is 11.6. The highest BCUT2D eigenvalue weighted by molar-refractivity contribution is 5.76. The standard InChI is InChI=1S/C17H20FN5O/c1-2-3-7-17(20-21-17)8-6-16(24)23-11-9-22(10-12-23)15-5-4-14(18)13-19-15/h1,4-5,13H,3,6-12H2. The van der Waals surface area contributed by atoms with Crippen LogP contribution in [0.15, 0.2) is 28.6 Å². The maximum atomic E-state index is 12.9. The lowest BCUT2D eigenvalue weighted by molar-refractivity contribution is -0.131. The van der Waals surface area contributed by atoms with Crippen LogP contribution in [0.2, 0.25) is 0 Å². The van der Waals surface area contributed by atoms with Gasteiger partial charge in [0, 0.05) is 51.9 Å². The summed E-state index contributed by atoms with van der Waals surface area (Å²) in [7, 11) is 0. The van der Waals surface area contributed by atoms with Crippen LogP contribution in [0.5, 0.6) is 0 Å². The summed E-state index contributed by atoms with van der Waals surface area (Å²) in [5.41, 5.74) is -0.401. The Morgan fingerprint density at radius 1 is 1.25 bits per heavy atom. The van der Waals surface area contributed by atoms with Crippen LogP contribution in [0.1, 0.15) is 25.7 Å². The van der Waals surface area contributed by atoms with Gasteiger partial charge in [-0.05, 0) is 12.1 Å². The van der Waals surface area contributed by atoms with Gasteiger partial charge in [0.05, 0.1) is 6.20 Å². The van der Waals surface area contributed by atoms with Crippen LogP contribution in [-0.2, 0) is 4.79 Å². The molecule has 3 heterocycles. The van der Waals surface area contributed by atoms with Crippen molar-refractivity contribution in [3.63, 3.8) is 0 Å². The predicted octanol–water partition coefficient (Wildman–Crippen LogP) is 2.22. The van der Waals surface area contributed by atoms with E-state index in [2.05, 4.69) is 26.0 Å². The molecule has 1 fully saturated rings. The van der Waals surface area contributed by atoms with Gasteiger partial charge in [0.2, 0.25) is 5.91 Å². The van der Waals surface area contributed by atoms with Gasteiger partial charge in [-0.15, -0.1) is 12.3 Å². The molecule has 0 bridgehead atoms. The Morgan fingerprint density at radius 2 is 2.00 bits per heavy atom. The molecule has 0 radical (unpaired) electrons. The van der Waals surface area contributed by atoms with Crippen LogP contribution < -0.4 is 4.90 Å². The summed E-state index contributed by atoms with van der Waals surface area (Å²) in [6.45, 7) is 2.68. The number of hydrogen-bond acceptors (Lipinski definition) is 5. The molecule has 2 aliphatic rings. The third-order valence-corrected chi connectivity index (χ3v) is 4.46. The number of carbonyl (C=O) groups is 1. The molecule has 0 N–H and O–H groups in total. The van der Waals surface area contributed by atoms with Crippen LogP contribution in [0.3, 0.4) is 0 Å². The van der Waals surface area contributed by atoms with Gasteiger partial charge in [-0.25, -0.2) is 9.37 Å². The number of aromatic nitrogens is 1. The third-order valence-electron chi connectivity index (χ3n) is 4.46. The van der Waals surface area contributed by atoms with Gasteiger partial charge in [-0.1, -0.05) is 0 Å². The van der Waals surface area contributed by atoms with Crippen LogP contribution in [0.25, 0.3) is 0 Å². The fourth-order valence-corrected chi connectivity index (χ4v) is 2.87. The second-order valence-corrected chi connectivity index (χ2v) is 6.09. The van der Waals surface area contributed by atoms with Gasteiger partial charge in [-0.3, -0.25) is 4.79 Å². The molecule has 3 rings (SSSR count). The highest BCUT2D eigenvalue weighted by Gasteiger charge is 2.39. The van der Waals surface area contributed by atoms with E-state index in [-0.39, 0.29) is 11.7 Å². The average Bonchev–Trinajstić information content (AvgIpc) is 3.39. The lowest BCUT2D eigenvalue weighted by atomic mass is 10.0. The van der Waals surface area contributed by atoms with Crippen LogP contribution in [-0.4, -0.2) is 47.6 Å². The Hall–Kier alpha value is -2.49. The highest BCUT2D eigenvalue weighted by atomic mass is 19.1. The first-order valence-corrected chi connectivity index (χ1v) is 8.14. The number of amides is 1. The van der Waals surface area contributed by atoms with Crippen molar-refractivity contribution in [1.29, 1.82) is 0 Å². The molecule has 6 nitrogen and oxygen atoms in total. The maximum absolute atomic E-state index is 12.9. The van der Waals surface area contributed by atoms with Gasteiger partial charge in [0.25, 0.3) is 0 Å². The lowest BCUT2D eigenvalue weighted by Gasteiger charge is -2.35. The van der Waals surface area contributed by atoms with Crippen molar-refractivity contribution in [1.82, 2.24) is 9.88 Å². The molecule has 1 aromatic heterocycles. The summed E-state index contributed by atoms with van der Waals surface area (Å²) in [6, 6.07) is 3.07. The first kappa shape index (κ1) is 16.4. The lowest BCUT2D eigenvalue weighted by Crippen LogP contribution is -2.49. The number of carbonyl (C=O) groups excluding carboxylic acids is 1. The topological polar surface area (TPSA) is 61.2 Å². The zero-order valence-corrected chi connectivity index (χ0v) is 13.5. The Morgan fingerprint density at radius 3 is 2.58 bits per heavy atom. The SMILES string of the molecule is C#CCCC1(CCC(=O)N2CCN(c3ccc(F)cn3)CC2)N=N1. The molecular weight excluding hydrogens is 309 g/mol. The van der Waals surface area contributed by atoms with Crippen molar-refractivity contribution < 1.29 is 9.18 Å². The van der Waals surface area contributed by atoms with E-state index in [4.69, 9.17) is 6.42 Å². The van der Waals surface area contributed by atoms with Gasteiger partial charge in [0.15, 0.2) is 5.66 Å². The van der Waals surface area contributed by atoms with Crippen LogP contribution >= 0.6 is 0 Å². The maximum Gasteiger partial charge on any atom is 0.222 e. The minimum Gasteiger partial charge on any atom is -0.353 e. The van der Waals surface area contributed by atoms with Crippen molar-refractivity contribution in [2.45, 2.75) is 31.3 Å². The molecular formula is C17H20FN5O.